The lowest BCUT2D eigenvalue weighted by molar-refractivity contribution is 0.240. The van der Waals surface area contributed by atoms with Crippen molar-refractivity contribution >= 4 is 5.96 Å². The fraction of sp³-hybridized carbons (Fsp3) is 0.625. The number of hydrogen-bond donors (Lipinski definition) is 2. The van der Waals surface area contributed by atoms with Crippen molar-refractivity contribution in [1.29, 1.82) is 0 Å². The third kappa shape index (κ3) is 7.35. The monoisotopic (exact) mass is 425 g/mol. The minimum Gasteiger partial charge on any atom is -0.357 e. The van der Waals surface area contributed by atoms with Crippen molar-refractivity contribution in [2.45, 2.75) is 71.5 Å². The van der Waals surface area contributed by atoms with E-state index in [0.717, 1.165) is 69.6 Å². The van der Waals surface area contributed by atoms with E-state index in [1.54, 1.807) is 0 Å². The Bertz CT molecular complexity index is 800. The minimum atomic E-state index is 0.471. The van der Waals surface area contributed by atoms with E-state index in [0.29, 0.717) is 6.04 Å². The zero-order chi connectivity index (χ0) is 21.9. The molecule has 1 aliphatic heterocycles. The van der Waals surface area contributed by atoms with Crippen LogP contribution in [0, 0.1) is 0 Å². The van der Waals surface area contributed by atoms with E-state index in [9.17, 15) is 0 Å². The van der Waals surface area contributed by atoms with Gasteiger partial charge in [-0.3, -0.25) is 9.89 Å². The second-order valence-electron chi connectivity index (χ2n) is 8.47. The SMILES string of the molecule is CCNC(=NCCC(C)N(C)Cc1ccccc1)NCCc1nnc2n1CCCCC2. The van der Waals surface area contributed by atoms with Crippen LogP contribution < -0.4 is 10.6 Å². The molecule has 1 aromatic carbocycles. The quantitative estimate of drug-likeness (QED) is 0.452. The van der Waals surface area contributed by atoms with Gasteiger partial charge in [0.1, 0.15) is 11.6 Å². The molecule has 1 unspecified atom stereocenters. The van der Waals surface area contributed by atoms with Gasteiger partial charge in [-0.15, -0.1) is 10.2 Å². The molecular formula is C24H39N7. The van der Waals surface area contributed by atoms with Gasteiger partial charge in [-0.25, -0.2) is 0 Å². The molecule has 0 bridgehead atoms. The average Bonchev–Trinajstić information content (AvgIpc) is 3.00. The summed E-state index contributed by atoms with van der Waals surface area (Å²) >= 11 is 0. The van der Waals surface area contributed by atoms with Gasteiger partial charge in [0.25, 0.3) is 0 Å². The Balaban J connectivity index is 1.44. The molecule has 2 N–H and O–H groups in total. The Hall–Kier alpha value is -2.41. The molecule has 1 aromatic heterocycles. The van der Waals surface area contributed by atoms with E-state index < -0.39 is 0 Å². The molecule has 170 valence electrons. The summed E-state index contributed by atoms with van der Waals surface area (Å²) < 4.78 is 2.32. The van der Waals surface area contributed by atoms with E-state index in [-0.39, 0.29) is 0 Å². The van der Waals surface area contributed by atoms with Gasteiger partial charge in [0.15, 0.2) is 5.96 Å². The van der Waals surface area contributed by atoms with Gasteiger partial charge in [-0.05, 0) is 45.7 Å². The highest BCUT2D eigenvalue weighted by molar-refractivity contribution is 5.79. The summed E-state index contributed by atoms with van der Waals surface area (Å²) in [4.78, 5) is 7.18. The van der Waals surface area contributed by atoms with Crippen molar-refractivity contribution in [3.63, 3.8) is 0 Å². The average molecular weight is 426 g/mol. The van der Waals surface area contributed by atoms with Crippen LogP contribution in [0.3, 0.4) is 0 Å². The summed E-state index contributed by atoms with van der Waals surface area (Å²) in [7, 11) is 2.19. The van der Waals surface area contributed by atoms with Crippen LogP contribution in [0.25, 0.3) is 0 Å². The number of guanidine groups is 1. The van der Waals surface area contributed by atoms with Crippen LogP contribution >= 0.6 is 0 Å². The molecule has 0 fully saturated rings. The maximum absolute atomic E-state index is 4.79. The van der Waals surface area contributed by atoms with Crippen molar-refractivity contribution in [2.24, 2.45) is 4.99 Å². The number of fused-ring (bicyclic) bond motifs is 1. The Labute approximate surface area is 187 Å². The predicted molar refractivity (Wildman–Crippen MR) is 127 cm³/mol. The first-order chi connectivity index (χ1) is 15.2. The third-order valence-electron chi connectivity index (χ3n) is 6.02. The molecular weight excluding hydrogens is 386 g/mol. The van der Waals surface area contributed by atoms with Crippen LogP contribution in [0.5, 0.6) is 0 Å². The maximum Gasteiger partial charge on any atom is 0.191 e. The topological polar surface area (TPSA) is 70.4 Å². The second kappa shape index (κ2) is 12.4. The van der Waals surface area contributed by atoms with Gasteiger partial charge < -0.3 is 15.2 Å². The Morgan fingerprint density at radius 1 is 1.16 bits per heavy atom. The largest absolute Gasteiger partial charge is 0.357 e. The zero-order valence-corrected chi connectivity index (χ0v) is 19.5. The second-order valence-corrected chi connectivity index (χ2v) is 8.47. The van der Waals surface area contributed by atoms with Crippen molar-refractivity contribution in [2.75, 3.05) is 26.7 Å². The van der Waals surface area contributed by atoms with Crippen molar-refractivity contribution in [3.05, 3.63) is 47.5 Å². The van der Waals surface area contributed by atoms with Gasteiger partial charge in [0.05, 0.1) is 0 Å². The van der Waals surface area contributed by atoms with E-state index in [1.165, 1.54) is 24.8 Å². The number of rotatable bonds is 10. The number of aromatic nitrogens is 3. The van der Waals surface area contributed by atoms with Gasteiger partial charge in [0.2, 0.25) is 0 Å². The van der Waals surface area contributed by atoms with E-state index in [4.69, 9.17) is 4.99 Å². The van der Waals surface area contributed by atoms with Gasteiger partial charge in [-0.1, -0.05) is 36.8 Å². The van der Waals surface area contributed by atoms with E-state index in [2.05, 4.69) is 81.5 Å². The lowest BCUT2D eigenvalue weighted by Crippen LogP contribution is -2.39. The molecule has 31 heavy (non-hydrogen) atoms. The highest BCUT2D eigenvalue weighted by Gasteiger charge is 2.14. The summed E-state index contributed by atoms with van der Waals surface area (Å²) in [6.45, 7) is 8.87. The van der Waals surface area contributed by atoms with Crippen LogP contribution in [0.2, 0.25) is 0 Å². The van der Waals surface area contributed by atoms with Crippen LogP contribution in [-0.4, -0.2) is 58.3 Å². The number of nitrogens with zero attached hydrogens (tertiary/aromatic N) is 5. The van der Waals surface area contributed by atoms with E-state index in [1.807, 2.05) is 0 Å². The molecule has 0 saturated carbocycles. The molecule has 0 aliphatic carbocycles. The zero-order valence-electron chi connectivity index (χ0n) is 19.5. The van der Waals surface area contributed by atoms with Crippen molar-refractivity contribution < 1.29 is 0 Å². The number of hydrogen-bond acceptors (Lipinski definition) is 4. The summed E-state index contributed by atoms with van der Waals surface area (Å²) in [6.07, 6.45) is 6.70. The molecule has 7 nitrogen and oxygen atoms in total. The highest BCUT2D eigenvalue weighted by Crippen LogP contribution is 2.14. The number of nitrogens with one attached hydrogen (secondary N) is 2. The Morgan fingerprint density at radius 2 is 2.00 bits per heavy atom. The van der Waals surface area contributed by atoms with Crippen LogP contribution in [0.4, 0.5) is 0 Å². The summed E-state index contributed by atoms with van der Waals surface area (Å²) in [5.41, 5.74) is 1.35. The fourth-order valence-corrected chi connectivity index (χ4v) is 3.98. The molecule has 0 amide bonds. The third-order valence-corrected chi connectivity index (χ3v) is 6.02. The van der Waals surface area contributed by atoms with Crippen molar-refractivity contribution in [1.82, 2.24) is 30.3 Å². The summed E-state index contributed by atoms with van der Waals surface area (Å²) in [5, 5.41) is 15.7. The smallest absolute Gasteiger partial charge is 0.191 e. The van der Waals surface area contributed by atoms with Crippen LogP contribution in [-0.2, 0) is 25.9 Å². The Morgan fingerprint density at radius 3 is 2.81 bits per heavy atom. The Kier molecular flexibility index (Phi) is 9.34. The molecule has 0 radical (unpaired) electrons. The minimum absolute atomic E-state index is 0.471. The van der Waals surface area contributed by atoms with Gasteiger partial charge in [-0.2, -0.15) is 0 Å². The molecule has 7 heteroatoms. The molecule has 2 aromatic rings. The lowest BCUT2D eigenvalue weighted by atomic mass is 10.1. The van der Waals surface area contributed by atoms with Crippen molar-refractivity contribution in [3.8, 4) is 0 Å². The number of benzene rings is 1. The van der Waals surface area contributed by atoms with Crippen LogP contribution in [0.1, 0.15) is 56.7 Å². The highest BCUT2D eigenvalue weighted by atomic mass is 15.3. The maximum atomic E-state index is 4.79. The lowest BCUT2D eigenvalue weighted by Gasteiger charge is -2.24. The number of aryl methyl sites for hydroxylation is 1. The molecule has 2 heterocycles. The molecule has 1 atom stereocenters. The van der Waals surface area contributed by atoms with Crippen LogP contribution in [0.15, 0.2) is 35.3 Å². The fourth-order valence-electron chi connectivity index (χ4n) is 3.98. The molecule has 1 aliphatic rings. The molecule has 0 spiro atoms. The first kappa shape index (κ1) is 23.3. The predicted octanol–water partition coefficient (Wildman–Crippen LogP) is 3.01. The normalized spacial score (nSPS) is 15.4. The van der Waals surface area contributed by atoms with E-state index >= 15 is 0 Å². The molecule has 3 rings (SSSR count). The van der Waals surface area contributed by atoms with Gasteiger partial charge >= 0.3 is 0 Å². The van der Waals surface area contributed by atoms with Gasteiger partial charge in [0, 0.05) is 51.6 Å². The summed E-state index contributed by atoms with van der Waals surface area (Å²) in [5.74, 6) is 3.13. The standard InChI is InChI=1S/C24H39N7/c1-4-25-24(26-16-14-20(2)30(3)19-21-11-7-5-8-12-21)27-17-15-23-29-28-22-13-9-6-10-18-31(22)23/h5,7-8,11-12,20H,4,6,9-10,13-19H2,1-3H3,(H2,25,26,27). The number of aliphatic imine (C=N–C) groups is 1. The first-order valence-corrected chi connectivity index (χ1v) is 11.8. The first-order valence-electron chi connectivity index (χ1n) is 11.8. The molecule has 0 saturated heterocycles. The summed E-state index contributed by atoms with van der Waals surface area (Å²) in [6, 6.07) is 11.1.